The van der Waals surface area contributed by atoms with Crippen LogP contribution in [0.1, 0.15) is 6.92 Å². The Kier molecular flexibility index (Phi) is 3.66. The zero-order valence-electron chi connectivity index (χ0n) is 5.09. The Morgan fingerprint density at radius 1 is 1.78 bits per heavy atom. The fraction of sp³-hybridized carbons (Fsp3) is 0.400. The molecule has 4 heteroatoms. The van der Waals surface area contributed by atoms with E-state index in [4.69, 9.17) is 10.3 Å². The van der Waals surface area contributed by atoms with Gasteiger partial charge in [-0.2, -0.15) is 0 Å². The standard InChI is InChI=1S/C5H9NO3/c1-4(5(7)8)2-3-6-9/h2,6,9H,3H2,1H3,(H,7,8). The molecule has 0 unspecified atom stereocenters. The number of hydroxylamine groups is 1. The van der Waals surface area contributed by atoms with Crippen molar-refractivity contribution >= 4 is 5.97 Å². The molecule has 4 nitrogen and oxygen atoms in total. The number of carboxylic acids is 1. The molecule has 0 aromatic heterocycles. The number of nitrogens with one attached hydrogen (secondary N) is 1. The maximum absolute atomic E-state index is 10.0. The summed E-state index contributed by atoms with van der Waals surface area (Å²) in [5, 5.41) is 16.2. The highest BCUT2D eigenvalue weighted by Crippen LogP contribution is 1.88. The van der Waals surface area contributed by atoms with Gasteiger partial charge in [0.25, 0.3) is 0 Å². The predicted molar refractivity (Wildman–Crippen MR) is 31.2 cm³/mol. The molecule has 0 saturated carbocycles. The van der Waals surface area contributed by atoms with Gasteiger partial charge in [0.1, 0.15) is 0 Å². The van der Waals surface area contributed by atoms with Gasteiger partial charge in [-0.05, 0) is 6.92 Å². The monoisotopic (exact) mass is 131 g/mol. The van der Waals surface area contributed by atoms with E-state index in [1.807, 2.05) is 5.48 Å². The Balaban J connectivity index is 3.69. The molecule has 0 aromatic rings. The predicted octanol–water partition coefficient (Wildman–Crippen LogP) is -0.00390. The lowest BCUT2D eigenvalue weighted by molar-refractivity contribution is -0.132. The average molecular weight is 131 g/mol. The normalized spacial score (nSPS) is 11.6. The second kappa shape index (κ2) is 4.05. The molecule has 0 saturated heterocycles. The van der Waals surface area contributed by atoms with E-state index in [0.29, 0.717) is 0 Å². The van der Waals surface area contributed by atoms with Crippen molar-refractivity contribution in [2.24, 2.45) is 0 Å². The maximum Gasteiger partial charge on any atom is 0.330 e. The molecule has 0 spiro atoms. The van der Waals surface area contributed by atoms with Crippen LogP contribution >= 0.6 is 0 Å². The van der Waals surface area contributed by atoms with Crippen LogP contribution in [0.2, 0.25) is 0 Å². The Morgan fingerprint density at radius 3 is 2.67 bits per heavy atom. The van der Waals surface area contributed by atoms with Gasteiger partial charge in [-0.3, -0.25) is 0 Å². The lowest BCUT2D eigenvalue weighted by Crippen LogP contribution is -2.08. The van der Waals surface area contributed by atoms with Gasteiger partial charge in [0, 0.05) is 12.1 Å². The van der Waals surface area contributed by atoms with Crippen molar-refractivity contribution in [3.05, 3.63) is 11.6 Å². The smallest absolute Gasteiger partial charge is 0.330 e. The lowest BCUT2D eigenvalue weighted by atomic mass is 10.3. The molecule has 0 bridgehead atoms. The number of aliphatic carboxylic acids is 1. The number of hydrogen-bond acceptors (Lipinski definition) is 3. The van der Waals surface area contributed by atoms with Crippen molar-refractivity contribution < 1.29 is 15.1 Å². The first-order valence-corrected chi connectivity index (χ1v) is 2.45. The second-order valence-corrected chi connectivity index (χ2v) is 1.55. The minimum Gasteiger partial charge on any atom is -0.478 e. The van der Waals surface area contributed by atoms with E-state index in [-0.39, 0.29) is 12.1 Å². The van der Waals surface area contributed by atoms with E-state index in [1.54, 1.807) is 0 Å². The summed E-state index contributed by atoms with van der Waals surface area (Å²) in [7, 11) is 0. The Labute approximate surface area is 52.8 Å². The molecular formula is C5H9NO3. The molecule has 9 heavy (non-hydrogen) atoms. The van der Waals surface area contributed by atoms with E-state index in [9.17, 15) is 4.79 Å². The highest BCUT2D eigenvalue weighted by Gasteiger charge is 1.96. The van der Waals surface area contributed by atoms with Crippen LogP contribution in [0.4, 0.5) is 0 Å². The number of rotatable bonds is 3. The maximum atomic E-state index is 10.0. The summed E-state index contributed by atoms with van der Waals surface area (Å²) in [4.78, 5) is 10.0. The quantitative estimate of drug-likeness (QED) is 0.372. The largest absolute Gasteiger partial charge is 0.478 e. The third-order valence-corrected chi connectivity index (χ3v) is 0.837. The summed E-state index contributed by atoms with van der Waals surface area (Å²) < 4.78 is 0. The molecule has 0 atom stereocenters. The third kappa shape index (κ3) is 3.69. The highest BCUT2D eigenvalue weighted by atomic mass is 16.5. The van der Waals surface area contributed by atoms with Crippen molar-refractivity contribution in [2.75, 3.05) is 6.54 Å². The molecule has 0 rings (SSSR count). The summed E-state index contributed by atoms with van der Waals surface area (Å²) in [6.07, 6.45) is 1.38. The van der Waals surface area contributed by atoms with Crippen LogP contribution in [-0.2, 0) is 4.79 Å². The summed E-state index contributed by atoms with van der Waals surface area (Å²) in [6.45, 7) is 1.62. The van der Waals surface area contributed by atoms with E-state index in [2.05, 4.69) is 0 Å². The van der Waals surface area contributed by atoms with Crippen LogP contribution in [0.3, 0.4) is 0 Å². The molecule has 0 aliphatic heterocycles. The summed E-state index contributed by atoms with van der Waals surface area (Å²) in [6, 6.07) is 0. The molecule has 3 N–H and O–H groups in total. The van der Waals surface area contributed by atoms with Crippen molar-refractivity contribution in [3.63, 3.8) is 0 Å². The van der Waals surface area contributed by atoms with Gasteiger partial charge in [-0.15, -0.1) is 0 Å². The SMILES string of the molecule is CC(=CCNO)C(=O)O. The van der Waals surface area contributed by atoms with Gasteiger partial charge in [0.2, 0.25) is 0 Å². The van der Waals surface area contributed by atoms with Crippen LogP contribution in [-0.4, -0.2) is 22.8 Å². The zero-order valence-corrected chi connectivity index (χ0v) is 5.09. The minimum atomic E-state index is -0.967. The van der Waals surface area contributed by atoms with Crippen LogP contribution in [0.5, 0.6) is 0 Å². The van der Waals surface area contributed by atoms with Gasteiger partial charge in [0.15, 0.2) is 0 Å². The first-order valence-electron chi connectivity index (χ1n) is 2.45. The average Bonchev–Trinajstić information content (AvgIpc) is 1.82. The van der Waals surface area contributed by atoms with Gasteiger partial charge in [0.05, 0.1) is 0 Å². The molecular weight excluding hydrogens is 122 g/mol. The van der Waals surface area contributed by atoms with E-state index >= 15 is 0 Å². The van der Waals surface area contributed by atoms with Gasteiger partial charge >= 0.3 is 5.97 Å². The lowest BCUT2D eigenvalue weighted by Gasteiger charge is -1.90. The molecule has 0 aliphatic carbocycles. The fourth-order valence-corrected chi connectivity index (χ4v) is 0.286. The fourth-order valence-electron chi connectivity index (χ4n) is 0.286. The van der Waals surface area contributed by atoms with Crippen LogP contribution < -0.4 is 5.48 Å². The number of carbonyl (C=O) groups is 1. The van der Waals surface area contributed by atoms with Crippen LogP contribution in [0.15, 0.2) is 11.6 Å². The van der Waals surface area contributed by atoms with Crippen molar-refractivity contribution in [3.8, 4) is 0 Å². The van der Waals surface area contributed by atoms with Crippen molar-refractivity contribution in [1.82, 2.24) is 5.48 Å². The Hall–Kier alpha value is -0.870. The topological polar surface area (TPSA) is 69.6 Å². The van der Waals surface area contributed by atoms with E-state index in [1.165, 1.54) is 13.0 Å². The van der Waals surface area contributed by atoms with E-state index < -0.39 is 5.97 Å². The molecule has 0 aliphatic rings. The first-order chi connectivity index (χ1) is 4.18. The zero-order chi connectivity index (χ0) is 7.28. The molecule has 0 radical (unpaired) electrons. The van der Waals surface area contributed by atoms with E-state index in [0.717, 1.165) is 0 Å². The molecule has 0 amide bonds. The first kappa shape index (κ1) is 8.13. The van der Waals surface area contributed by atoms with Gasteiger partial charge in [-0.25, -0.2) is 10.3 Å². The number of hydrogen-bond donors (Lipinski definition) is 3. The summed E-state index contributed by atoms with van der Waals surface area (Å²) in [5.41, 5.74) is 2.03. The van der Waals surface area contributed by atoms with Crippen molar-refractivity contribution in [2.45, 2.75) is 6.92 Å². The highest BCUT2D eigenvalue weighted by molar-refractivity contribution is 5.85. The van der Waals surface area contributed by atoms with Gasteiger partial charge < -0.3 is 10.3 Å². The molecule has 52 valence electrons. The van der Waals surface area contributed by atoms with Crippen LogP contribution in [0, 0.1) is 0 Å². The molecule has 0 heterocycles. The summed E-state index contributed by atoms with van der Waals surface area (Å²) >= 11 is 0. The number of carboxylic acid groups (broad SMARTS) is 1. The second-order valence-electron chi connectivity index (χ2n) is 1.55. The van der Waals surface area contributed by atoms with Crippen molar-refractivity contribution in [1.29, 1.82) is 0 Å². The molecule has 0 aromatic carbocycles. The third-order valence-electron chi connectivity index (χ3n) is 0.837. The van der Waals surface area contributed by atoms with Crippen LogP contribution in [0.25, 0.3) is 0 Å². The molecule has 0 fully saturated rings. The van der Waals surface area contributed by atoms with Gasteiger partial charge in [-0.1, -0.05) is 6.08 Å². The Morgan fingerprint density at radius 2 is 2.33 bits per heavy atom. The summed E-state index contributed by atoms with van der Waals surface area (Å²) in [5.74, 6) is -0.967. The Bertz CT molecular complexity index is 130. The minimum absolute atomic E-state index is 0.165.